The van der Waals surface area contributed by atoms with Gasteiger partial charge in [-0.2, -0.15) is 0 Å². The quantitative estimate of drug-likeness (QED) is 0.719. The monoisotopic (exact) mass is 423 g/mol. The molecule has 2 aliphatic heterocycles. The summed E-state index contributed by atoms with van der Waals surface area (Å²) >= 11 is 0. The molecule has 1 unspecified atom stereocenters. The van der Waals surface area contributed by atoms with Gasteiger partial charge in [0.05, 0.1) is 6.26 Å². The molecular weight excluding hydrogens is 397 g/mol. The molecule has 1 aromatic heterocycles. The summed E-state index contributed by atoms with van der Waals surface area (Å²) in [4.78, 5) is 15.0. The van der Waals surface area contributed by atoms with Gasteiger partial charge in [-0.25, -0.2) is 0 Å². The van der Waals surface area contributed by atoms with Crippen molar-refractivity contribution in [2.45, 2.75) is 32.4 Å². The van der Waals surface area contributed by atoms with Gasteiger partial charge in [0.15, 0.2) is 5.76 Å². The molecule has 0 saturated carbocycles. The van der Waals surface area contributed by atoms with E-state index >= 15 is 0 Å². The number of para-hydroxylation sites is 1. The minimum atomic E-state index is -0.135. The van der Waals surface area contributed by atoms with Gasteiger partial charge in [-0.05, 0) is 44.0 Å². The second kappa shape index (κ2) is 10.0. The molecule has 3 heterocycles. The van der Waals surface area contributed by atoms with Gasteiger partial charge in [0, 0.05) is 36.9 Å². The number of rotatable bonds is 5. The first-order valence-corrected chi connectivity index (χ1v) is 9.30. The molecule has 2 aromatic rings. The first-order chi connectivity index (χ1) is 12.7. The Kier molecular flexibility index (Phi) is 7.98. The summed E-state index contributed by atoms with van der Waals surface area (Å²) in [5, 5.41) is 6.28. The molecule has 2 aliphatic rings. The number of benzene rings is 1. The Bertz CT molecular complexity index is 835. The van der Waals surface area contributed by atoms with E-state index in [-0.39, 0.29) is 30.7 Å². The number of nitrogens with one attached hydrogen (secondary N) is 2. The minimum Gasteiger partial charge on any atom is -0.459 e. The summed E-state index contributed by atoms with van der Waals surface area (Å²) in [7, 11) is 0. The lowest BCUT2D eigenvalue weighted by Crippen LogP contribution is -2.32. The Labute approximate surface area is 178 Å². The van der Waals surface area contributed by atoms with Crippen LogP contribution in [-0.4, -0.2) is 31.6 Å². The summed E-state index contributed by atoms with van der Waals surface area (Å²) in [5.41, 5.74) is 4.83. The van der Waals surface area contributed by atoms with Crippen LogP contribution in [0.25, 0.3) is 0 Å². The maximum Gasteiger partial charge on any atom is 0.287 e. The van der Waals surface area contributed by atoms with Crippen molar-refractivity contribution in [3.63, 3.8) is 0 Å². The molecule has 2 N–H and O–H groups in total. The Balaban J connectivity index is 0.00000140. The number of furan rings is 1. The SMILES string of the molecule is CC1Cc2ccccc2N1Cc1ccoc1C(=O)NCC1=CCNCC1.Cl.Cl. The molecule has 5 nitrogen and oxygen atoms in total. The third-order valence-corrected chi connectivity index (χ3v) is 5.28. The highest BCUT2D eigenvalue weighted by molar-refractivity contribution is 5.93. The van der Waals surface area contributed by atoms with Gasteiger partial charge in [-0.3, -0.25) is 4.79 Å². The third-order valence-electron chi connectivity index (χ3n) is 5.28. The molecule has 4 rings (SSSR count). The third kappa shape index (κ3) is 4.72. The zero-order valence-corrected chi connectivity index (χ0v) is 17.6. The summed E-state index contributed by atoms with van der Waals surface area (Å²) in [5.74, 6) is 0.292. The largest absolute Gasteiger partial charge is 0.459 e. The molecule has 0 bridgehead atoms. The minimum absolute atomic E-state index is 0. The van der Waals surface area contributed by atoms with Crippen LogP contribution >= 0.6 is 24.8 Å². The number of carbonyl (C=O) groups excluding carboxylic acids is 1. The van der Waals surface area contributed by atoms with Gasteiger partial charge in [-0.1, -0.05) is 29.8 Å². The Morgan fingerprint density at radius 3 is 2.89 bits per heavy atom. The van der Waals surface area contributed by atoms with Crippen molar-refractivity contribution in [3.05, 3.63) is 65.1 Å². The maximum absolute atomic E-state index is 12.6. The van der Waals surface area contributed by atoms with E-state index in [9.17, 15) is 4.79 Å². The molecule has 0 fully saturated rings. The van der Waals surface area contributed by atoms with Gasteiger partial charge < -0.3 is 20.0 Å². The van der Waals surface area contributed by atoms with E-state index < -0.39 is 0 Å². The molecule has 1 atom stereocenters. The molecular formula is C21H27Cl2N3O2. The van der Waals surface area contributed by atoms with Crippen LogP contribution in [-0.2, 0) is 13.0 Å². The fraction of sp³-hybridized carbons (Fsp3) is 0.381. The van der Waals surface area contributed by atoms with Crippen LogP contribution < -0.4 is 15.5 Å². The molecule has 152 valence electrons. The number of carbonyl (C=O) groups is 1. The molecule has 0 spiro atoms. The van der Waals surface area contributed by atoms with Gasteiger partial charge in [0.2, 0.25) is 0 Å². The van der Waals surface area contributed by atoms with Gasteiger partial charge >= 0.3 is 0 Å². The fourth-order valence-electron chi connectivity index (χ4n) is 3.82. The summed E-state index contributed by atoms with van der Waals surface area (Å²) < 4.78 is 5.53. The van der Waals surface area contributed by atoms with Crippen molar-refractivity contribution >= 4 is 36.4 Å². The highest BCUT2D eigenvalue weighted by Gasteiger charge is 2.27. The second-order valence-electron chi connectivity index (χ2n) is 7.08. The molecule has 1 aromatic carbocycles. The summed E-state index contributed by atoms with van der Waals surface area (Å²) in [6, 6.07) is 10.8. The molecule has 7 heteroatoms. The number of nitrogens with zero attached hydrogens (tertiary/aromatic N) is 1. The Morgan fingerprint density at radius 1 is 1.29 bits per heavy atom. The predicted molar refractivity (Wildman–Crippen MR) is 117 cm³/mol. The lowest BCUT2D eigenvalue weighted by Gasteiger charge is -2.24. The average Bonchev–Trinajstić information content (AvgIpc) is 3.26. The van der Waals surface area contributed by atoms with E-state index in [1.54, 1.807) is 6.26 Å². The second-order valence-corrected chi connectivity index (χ2v) is 7.08. The number of halogens is 2. The summed E-state index contributed by atoms with van der Waals surface area (Å²) in [6.45, 7) is 5.35. The zero-order valence-electron chi connectivity index (χ0n) is 15.9. The number of anilines is 1. The first-order valence-electron chi connectivity index (χ1n) is 9.30. The van der Waals surface area contributed by atoms with Crippen LogP contribution in [0.2, 0.25) is 0 Å². The molecule has 1 amide bonds. The van der Waals surface area contributed by atoms with Crippen molar-refractivity contribution in [3.8, 4) is 0 Å². The van der Waals surface area contributed by atoms with E-state index in [0.29, 0.717) is 24.9 Å². The van der Waals surface area contributed by atoms with Crippen LogP contribution in [0, 0.1) is 0 Å². The Morgan fingerprint density at radius 2 is 2.11 bits per heavy atom. The van der Waals surface area contributed by atoms with E-state index in [0.717, 1.165) is 31.5 Å². The zero-order chi connectivity index (χ0) is 17.9. The van der Waals surface area contributed by atoms with Crippen LogP contribution in [0.5, 0.6) is 0 Å². The highest BCUT2D eigenvalue weighted by atomic mass is 35.5. The van der Waals surface area contributed by atoms with Crippen LogP contribution in [0.15, 0.2) is 52.7 Å². The molecule has 0 saturated heterocycles. The standard InChI is InChI=1S/C21H25N3O2.2ClH/c1-15-12-17-4-2-3-5-19(17)24(15)14-18-8-11-26-20(18)21(25)23-13-16-6-9-22-10-7-16;;/h2-6,8,11,15,22H,7,9-10,12-14H2,1H3,(H,23,25);2*1H. The smallest absolute Gasteiger partial charge is 0.287 e. The van der Waals surface area contributed by atoms with E-state index in [2.05, 4.69) is 52.8 Å². The molecule has 0 radical (unpaired) electrons. The number of hydrogen-bond acceptors (Lipinski definition) is 4. The average molecular weight is 424 g/mol. The number of fused-ring (bicyclic) bond motifs is 1. The Hall–Kier alpha value is -1.95. The lowest BCUT2D eigenvalue weighted by molar-refractivity contribution is 0.0927. The number of hydrogen-bond donors (Lipinski definition) is 2. The highest BCUT2D eigenvalue weighted by Crippen LogP contribution is 2.33. The van der Waals surface area contributed by atoms with Gasteiger partial charge in [0.25, 0.3) is 5.91 Å². The van der Waals surface area contributed by atoms with Crippen LogP contribution in [0.3, 0.4) is 0 Å². The first kappa shape index (κ1) is 22.3. The maximum atomic E-state index is 12.6. The van der Waals surface area contributed by atoms with Crippen molar-refractivity contribution in [1.82, 2.24) is 10.6 Å². The van der Waals surface area contributed by atoms with E-state index in [1.807, 2.05) is 6.07 Å². The summed E-state index contributed by atoms with van der Waals surface area (Å²) in [6.07, 6.45) is 5.78. The van der Waals surface area contributed by atoms with E-state index in [4.69, 9.17) is 4.42 Å². The van der Waals surface area contributed by atoms with Crippen molar-refractivity contribution < 1.29 is 9.21 Å². The van der Waals surface area contributed by atoms with Crippen molar-refractivity contribution in [2.75, 3.05) is 24.5 Å². The van der Waals surface area contributed by atoms with E-state index in [1.165, 1.54) is 16.8 Å². The number of amides is 1. The normalized spacial score (nSPS) is 17.8. The topological polar surface area (TPSA) is 57.5 Å². The lowest BCUT2D eigenvalue weighted by atomic mass is 10.1. The molecule has 28 heavy (non-hydrogen) atoms. The fourth-order valence-corrected chi connectivity index (χ4v) is 3.82. The van der Waals surface area contributed by atoms with Crippen molar-refractivity contribution in [1.29, 1.82) is 0 Å². The van der Waals surface area contributed by atoms with Crippen LogP contribution in [0.4, 0.5) is 5.69 Å². The van der Waals surface area contributed by atoms with Gasteiger partial charge in [0.1, 0.15) is 0 Å². The molecule has 0 aliphatic carbocycles. The van der Waals surface area contributed by atoms with Gasteiger partial charge in [-0.15, -0.1) is 24.8 Å². The predicted octanol–water partition coefficient (Wildman–Crippen LogP) is 3.72. The van der Waals surface area contributed by atoms with Crippen molar-refractivity contribution in [2.24, 2.45) is 0 Å². The van der Waals surface area contributed by atoms with Crippen LogP contribution in [0.1, 0.15) is 35.0 Å².